The van der Waals surface area contributed by atoms with Gasteiger partial charge in [-0.05, 0) is 35.4 Å². The van der Waals surface area contributed by atoms with Crippen molar-refractivity contribution in [2.75, 3.05) is 13.4 Å². The van der Waals surface area contributed by atoms with Crippen LogP contribution in [0.4, 0.5) is 0 Å². The lowest BCUT2D eigenvalue weighted by Gasteiger charge is -1.99. The summed E-state index contributed by atoms with van der Waals surface area (Å²) >= 11 is 0. The number of carbonyl (C=O) groups excluding carboxylic acids is 1. The molecule has 1 heterocycles. The van der Waals surface area contributed by atoms with Gasteiger partial charge in [0.1, 0.15) is 6.61 Å². The first kappa shape index (κ1) is 14.9. The van der Waals surface area contributed by atoms with Gasteiger partial charge in [0, 0.05) is 6.08 Å². The molecule has 1 aliphatic rings. The first-order chi connectivity index (χ1) is 11.3. The Labute approximate surface area is 134 Å². The first-order valence-corrected chi connectivity index (χ1v) is 7.27. The number of carbonyl (C=O) groups is 1. The number of hydrogen-bond acceptors (Lipinski definition) is 4. The van der Waals surface area contributed by atoms with Crippen LogP contribution in [0.25, 0.3) is 12.2 Å². The molecule has 3 rings (SSSR count). The predicted molar refractivity (Wildman–Crippen MR) is 88.0 cm³/mol. The van der Waals surface area contributed by atoms with Crippen LogP contribution in [-0.2, 0) is 9.53 Å². The van der Waals surface area contributed by atoms with Crippen LogP contribution in [0.2, 0.25) is 0 Å². The van der Waals surface area contributed by atoms with Crippen molar-refractivity contribution in [2.45, 2.75) is 0 Å². The molecule has 116 valence electrons. The summed E-state index contributed by atoms with van der Waals surface area (Å²) in [6.45, 7) is 0.470. The molecule has 0 fully saturated rings. The average Bonchev–Trinajstić information content (AvgIpc) is 3.05. The Morgan fingerprint density at radius 3 is 2.70 bits per heavy atom. The van der Waals surface area contributed by atoms with E-state index >= 15 is 0 Å². The van der Waals surface area contributed by atoms with E-state index in [1.165, 1.54) is 6.08 Å². The first-order valence-electron chi connectivity index (χ1n) is 7.27. The van der Waals surface area contributed by atoms with Gasteiger partial charge in [-0.3, -0.25) is 0 Å². The van der Waals surface area contributed by atoms with Crippen molar-refractivity contribution in [3.05, 3.63) is 71.8 Å². The predicted octanol–water partition coefficient (Wildman–Crippen LogP) is 3.69. The summed E-state index contributed by atoms with van der Waals surface area (Å²) in [5.74, 6) is 1.02. The van der Waals surface area contributed by atoms with Crippen LogP contribution in [0.5, 0.6) is 11.5 Å². The Morgan fingerprint density at radius 1 is 1.00 bits per heavy atom. The minimum Gasteiger partial charge on any atom is -0.458 e. The molecular weight excluding hydrogens is 292 g/mol. The lowest BCUT2D eigenvalue weighted by atomic mass is 10.2. The van der Waals surface area contributed by atoms with Crippen molar-refractivity contribution in [2.24, 2.45) is 0 Å². The lowest BCUT2D eigenvalue weighted by Crippen LogP contribution is -1.99. The van der Waals surface area contributed by atoms with E-state index in [1.54, 1.807) is 6.08 Å². The highest BCUT2D eigenvalue weighted by molar-refractivity contribution is 5.87. The van der Waals surface area contributed by atoms with E-state index in [-0.39, 0.29) is 19.4 Å². The number of fused-ring (bicyclic) bond motifs is 1. The van der Waals surface area contributed by atoms with Gasteiger partial charge in [-0.2, -0.15) is 0 Å². The maximum absolute atomic E-state index is 11.7. The molecule has 4 heteroatoms. The van der Waals surface area contributed by atoms with E-state index < -0.39 is 0 Å². The summed E-state index contributed by atoms with van der Waals surface area (Å²) in [6.07, 6.45) is 6.80. The van der Waals surface area contributed by atoms with E-state index in [4.69, 9.17) is 14.2 Å². The quantitative estimate of drug-likeness (QED) is 0.624. The van der Waals surface area contributed by atoms with Gasteiger partial charge in [0.25, 0.3) is 0 Å². The maximum atomic E-state index is 11.7. The highest BCUT2D eigenvalue weighted by Crippen LogP contribution is 2.32. The average molecular weight is 308 g/mol. The molecule has 0 radical (unpaired) electrons. The summed E-state index contributed by atoms with van der Waals surface area (Å²) in [7, 11) is 0. The fraction of sp³-hybridized carbons (Fsp3) is 0.105. The highest BCUT2D eigenvalue weighted by atomic mass is 16.7. The van der Waals surface area contributed by atoms with Crippen molar-refractivity contribution in [1.29, 1.82) is 0 Å². The molecule has 0 spiro atoms. The van der Waals surface area contributed by atoms with Gasteiger partial charge >= 0.3 is 5.97 Å². The zero-order valence-corrected chi connectivity index (χ0v) is 12.5. The molecule has 23 heavy (non-hydrogen) atoms. The van der Waals surface area contributed by atoms with Crippen LogP contribution in [0.1, 0.15) is 11.1 Å². The third kappa shape index (κ3) is 4.23. The third-order valence-corrected chi connectivity index (χ3v) is 3.24. The minimum atomic E-state index is -0.389. The topological polar surface area (TPSA) is 44.8 Å². The third-order valence-electron chi connectivity index (χ3n) is 3.24. The second kappa shape index (κ2) is 7.31. The van der Waals surface area contributed by atoms with Gasteiger partial charge in [-0.1, -0.05) is 42.5 Å². The zero-order valence-electron chi connectivity index (χ0n) is 12.5. The molecule has 2 aromatic rings. The summed E-state index contributed by atoms with van der Waals surface area (Å²) in [4.78, 5) is 11.7. The second-order valence-electron chi connectivity index (χ2n) is 4.89. The molecule has 0 atom stereocenters. The molecule has 2 aromatic carbocycles. The summed E-state index contributed by atoms with van der Waals surface area (Å²) in [5, 5.41) is 0. The molecule has 1 aliphatic heterocycles. The molecule has 0 aliphatic carbocycles. The summed E-state index contributed by atoms with van der Waals surface area (Å²) in [5.41, 5.74) is 1.92. The Morgan fingerprint density at radius 2 is 1.83 bits per heavy atom. The molecule has 4 nitrogen and oxygen atoms in total. The number of rotatable bonds is 5. The van der Waals surface area contributed by atoms with E-state index in [9.17, 15) is 4.79 Å². The Hall–Kier alpha value is -3.01. The fourth-order valence-corrected chi connectivity index (χ4v) is 2.11. The molecule has 0 N–H and O–H groups in total. The zero-order chi connectivity index (χ0) is 15.9. The van der Waals surface area contributed by atoms with Crippen molar-refractivity contribution in [3.63, 3.8) is 0 Å². The van der Waals surface area contributed by atoms with Crippen LogP contribution in [0, 0.1) is 0 Å². The number of benzene rings is 2. The molecular formula is C19H16O4. The highest BCUT2D eigenvalue weighted by Gasteiger charge is 2.12. The molecule has 0 aromatic heterocycles. The van der Waals surface area contributed by atoms with Crippen molar-refractivity contribution in [1.82, 2.24) is 0 Å². The lowest BCUT2D eigenvalue weighted by molar-refractivity contribution is -0.136. The molecule has 0 bridgehead atoms. The summed E-state index contributed by atoms with van der Waals surface area (Å²) < 4.78 is 15.6. The Balaban J connectivity index is 1.48. The van der Waals surface area contributed by atoms with E-state index in [0.29, 0.717) is 5.75 Å². The minimum absolute atomic E-state index is 0.234. The van der Waals surface area contributed by atoms with Gasteiger partial charge in [0.2, 0.25) is 6.79 Å². The van der Waals surface area contributed by atoms with Crippen LogP contribution < -0.4 is 9.47 Å². The van der Waals surface area contributed by atoms with E-state index in [1.807, 2.05) is 60.7 Å². The van der Waals surface area contributed by atoms with Gasteiger partial charge in [0.15, 0.2) is 11.5 Å². The van der Waals surface area contributed by atoms with Crippen LogP contribution >= 0.6 is 0 Å². The maximum Gasteiger partial charge on any atom is 0.331 e. The van der Waals surface area contributed by atoms with Gasteiger partial charge in [0.05, 0.1) is 0 Å². The molecule has 0 saturated heterocycles. The van der Waals surface area contributed by atoms with E-state index in [2.05, 4.69) is 0 Å². The number of esters is 1. The van der Waals surface area contributed by atoms with Crippen molar-refractivity contribution >= 4 is 18.1 Å². The van der Waals surface area contributed by atoms with Crippen molar-refractivity contribution in [3.8, 4) is 11.5 Å². The second-order valence-corrected chi connectivity index (χ2v) is 4.89. The van der Waals surface area contributed by atoms with E-state index in [0.717, 1.165) is 16.9 Å². The van der Waals surface area contributed by atoms with Gasteiger partial charge in [-0.15, -0.1) is 0 Å². The van der Waals surface area contributed by atoms with Crippen LogP contribution in [0.15, 0.2) is 60.7 Å². The summed E-state index contributed by atoms with van der Waals surface area (Å²) in [6, 6.07) is 15.3. The Kier molecular flexibility index (Phi) is 4.74. The molecule has 0 amide bonds. The van der Waals surface area contributed by atoms with Crippen molar-refractivity contribution < 1.29 is 19.0 Å². The van der Waals surface area contributed by atoms with Gasteiger partial charge in [-0.25, -0.2) is 4.79 Å². The Bertz CT molecular complexity index is 732. The SMILES string of the molecule is O=C(C=Cc1ccc2c(c1)OCO2)OCC=Cc1ccccc1. The van der Waals surface area contributed by atoms with Crippen LogP contribution in [-0.4, -0.2) is 19.4 Å². The van der Waals surface area contributed by atoms with Crippen LogP contribution in [0.3, 0.4) is 0 Å². The largest absolute Gasteiger partial charge is 0.458 e. The smallest absolute Gasteiger partial charge is 0.331 e. The fourth-order valence-electron chi connectivity index (χ4n) is 2.11. The standard InChI is InChI=1S/C19H16O4/c20-19(21-12-4-7-15-5-2-1-3-6-15)11-9-16-8-10-17-18(13-16)23-14-22-17/h1-11,13H,12,14H2. The number of hydrogen-bond donors (Lipinski definition) is 0. The monoisotopic (exact) mass is 308 g/mol. The molecule has 0 saturated carbocycles. The molecule has 0 unspecified atom stereocenters. The normalized spacial score (nSPS) is 12.9. The van der Waals surface area contributed by atoms with Gasteiger partial charge < -0.3 is 14.2 Å². The number of ether oxygens (including phenoxy) is 3.